The second-order valence-electron chi connectivity index (χ2n) is 7.79. The fourth-order valence-corrected chi connectivity index (χ4v) is 4.51. The molecule has 0 bridgehead atoms. The van der Waals surface area contributed by atoms with Gasteiger partial charge < -0.3 is 4.74 Å². The Labute approximate surface area is 158 Å². The molecule has 0 aromatic heterocycles. The van der Waals surface area contributed by atoms with Crippen molar-refractivity contribution in [3.05, 3.63) is 63.0 Å². The summed E-state index contributed by atoms with van der Waals surface area (Å²) in [6.45, 7) is 8.61. The average Bonchev–Trinajstić information content (AvgIpc) is 3.24. The summed E-state index contributed by atoms with van der Waals surface area (Å²) in [7, 11) is 0. The molecule has 4 rings (SSSR count). The summed E-state index contributed by atoms with van der Waals surface area (Å²) < 4.78 is 5.30. The molecule has 1 saturated heterocycles. The highest BCUT2D eigenvalue weighted by Crippen LogP contribution is 2.58. The van der Waals surface area contributed by atoms with Crippen LogP contribution in [-0.4, -0.2) is 33.6 Å². The van der Waals surface area contributed by atoms with E-state index in [0.29, 0.717) is 12.2 Å². The molecule has 3 aliphatic heterocycles. The Hall–Kier alpha value is -2.83. The van der Waals surface area contributed by atoms with Crippen LogP contribution in [0, 0.1) is 15.5 Å². The highest BCUT2D eigenvalue weighted by atomic mass is 16.6. The number of benzene rings is 1. The number of carbonyl (C=O) groups excluding carboxylic acids is 1. The molecule has 0 saturated carbocycles. The first-order valence-corrected chi connectivity index (χ1v) is 9.18. The monoisotopic (exact) mass is 369 g/mol. The summed E-state index contributed by atoms with van der Waals surface area (Å²) in [6, 6.07) is 6.62. The van der Waals surface area contributed by atoms with Crippen LogP contribution >= 0.6 is 0 Å². The minimum absolute atomic E-state index is 0.0151. The van der Waals surface area contributed by atoms with Gasteiger partial charge in [-0.15, -0.1) is 0 Å². The number of nitrogens with zero attached hydrogens (tertiary/aromatic N) is 3. The van der Waals surface area contributed by atoms with Crippen molar-refractivity contribution in [1.82, 2.24) is 10.0 Å². The van der Waals surface area contributed by atoms with Crippen molar-refractivity contribution < 1.29 is 14.5 Å². The Balaban J connectivity index is 1.75. The SMILES string of the molecule is CCOC(=O)C1=CN2[C@H](c3ccc([N+](=O)[O-])cc3)CC3=C(C)C(C)(C)[C@@H]1N32. The fourth-order valence-electron chi connectivity index (χ4n) is 4.51. The number of hydrazine groups is 1. The van der Waals surface area contributed by atoms with E-state index in [1.165, 1.54) is 23.4 Å². The van der Waals surface area contributed by atoms with Crippen LogP contribution < -0.4 is 0 Å². The Morgan fingerprint density at radius 1 is 1.33 bits per heavy atom. The highest BCUT2D eigenvalue weighted by molar-refractivity contribution is 5.91. The van der Waals surface area contributed by atoms with Gasteiger partial charge >= 0.3 is 5.97 Å². The van der Waals surface area contributed by atoms with E-state index in [4.69, 9.17) is 4.74 Å². The zero-order valence-electron chi connectivity index (χ0n) is 15.9. The van der Waals surface area contributed by atoms with Crippen LogP contribution in [0.15, 0.2) is 47.3 Å². The van der Waals surface area contributed by atoms with Crippen molar-refractivity contribution >= 4 is 11.7 Å². The largest absolute Gasteiger partial charge is 0.463 e. The molecule has 1 fully saturated rings. The molecule has 2 atom stereocenters. The summed E-state index contributed by atoms with van der Waals surface area (Å²) >= 11 is 0. The van der Waals surface area contributed by atoms with Crippen molar-refractivity contribution in [2.24, 2.45) is 5.41 Å². The van der Waals surface area contributed by atoms with Crippen molar-refractivity contribution in [1.29, 1.82) is 0 Å². The molecule has 0 unspecified atom stereocenters. The van der Waals surface area contributed by atoms with Crippen LogP contribution in [-0.2, 0) is 9.53 Å². The zero-order valence-corrected chi connectivity index (χ0v) is 15.9. The van der Waals surface area contributed by atoms with Gasteiger partial charge in [-0.1, -0.05) is 26.0 Å². The van der Waals surface area contributed by atoms with Gasteiger partial charge in [0.2, 0.25) is 0 Å². The average molecular weight is 369 g/mol. The highest BCUT2D eigenvalue weighted by Gasteiger charge is 2.57. The summed E-state index contributed by atoms with van der Waals surface area (Å²) in [5, 5.41) is 15.3. The van der Waals surface area contributed by atoms with Crippen LogP contribution in [0.25, 0.3) is 0 Å². The van der Waals surface area contributed by atoms with Crippen LogP contribution in [0.3, 0.4) is 0 Å². The Bertz CT molecular complexity index is 885. The second kappa shape index (κ2) is 5.84. The van der Waals surface area contributed by atoms with Gasteiger partial charge in [-0.25, -0.2) is 4.79 Å². The van der Waals surface area contributed by atoms with Crippen LogP contribution in [0.4, 0.5) is 5.69 Å². The number of esters is 1. The van der Waals surface area contributed by atoms with E-state index in [9.17, 15) is 14.9 Å². The maximum absolute atomic E-state index is 12.6. The number of hydrogen-bond donors (Lipinski definition) is 0. The molecule has 27 heavy (non-hydrogen) atoms. The quantitative estimate of drug-likeness (QED) is 0.458. The predicted molar refractivity (Wildman–Crippen MR) is 99.1 cm³/mol. The van der Waals surface area contributed by atoms with Gasteiger partial charge in [0.1, 0.15) is 0 Å². The van der Waals surface area contributed by atoms with Crippen molar-refractivity contribution in [2.75, 3.05) is 6.61 Å². The maximum Gasteiger partial charge on any atom is 0.337 e. The summed E-state index contributed by atoms with van der Waals surface area (Å²) in [6.07, 6.45) is 2.71. The molecule has 0 amide bonds. The van der Waals surface area contributed by atoms with Crippen LogP contribution in [0.2, 0.25) is 0 Å². The third kappa shape index (κ3) is 2.37. The van der Waals surface area contributed by atoms with Crippen LogP contribution in [0.1, 0.15) is 45.7 Å². The number of ether oxygens (including phenoxy) is 1. The minimum Gasteiger partial charge on any atom is -0.463 e. The zero-order chi connectivity index (χ0) is 19.5. The lowest BCUT2D eigenvalue weighted by atomic mass is 9.77. The minimum atomic E-state index is -0.392. The molecular formula is C20H23N3O4. The van der Waals surface area contributed by atoms with Gasteiger partial charge in [0.15, 0.2) is 0 Å². The topological polar surface area (TPSA) is 75.9 Å². The van der Waals surface area contributed by atoms with Gasteiger partial charge in [0, 0.05) is 35.9 Å². The Kier molecular flexibility index (Phi) is 3.80. The van der Waals surface area contributed by atoms with E-state index in [2.05, 4.69) is 30.8 Å². The van der Waals surface area contributed by atoms with Gasteiger partial charge in [0.05, 0.1) is 29.2 Å². The first kappa shape index (κ1) is 17.6. The molecule has 0 N–H and O–H groups in total. The molecule has 0 radical (unpaired) electrons. The molecule has 3 heterocycles. The standard InChI is InChI=1S/C20H23N3O4/c1-5-27-19(24)15-11-21-17(13-6-8-14(9-7-13)23(25)26)10-16-12(2)20(3,4)18(15)22(16)21/h6-9,11,17-18H,5,10H2,1-4H3/t17-,18+/m0/s1. The molecule has 7 nitrogen and oxygen atoms in total. The predicted octanol–water partition coefficient (Wildman–Crippen LogP) is 3.70. The van der Waals surface area contributed by atoms with E-state index in [-0.39, 0.29) is 29.2 Å². The Morgan fingerprint density at radius 3 is 2.59 bits per heavy atom. The van der Waals surface area contributed by atoms with Crippen molar-refractivity contribution in [3.63, 3.8) is 0 Å². The van der Waals surface area contributed by atoms with E-state index in [1.807, 2.05) is 13.1 Å². The lowest BCUT2D eigenvalue weighted by Crippen LogP contribution is -2.41. The lowest BCUT2D eigenvalue weighted by Gasteiger charge is -2.35. The number of non-ortho nitro benzene ring substituents is 1. The van der Waals surface area contributed by atoms with Crippen molar-refractivity contribution in [3.8, 4) is 0 Å². The van der Waals surface area contributed by atoms with Gasteiger partial charge in [-0.3, -0.25) is 20.1 Å². The molecule has 0 spiro atoms. The van der Waals surface area contributed by atoms with Crippen molar-refractivity contribution in [2.45, 2.75) is 46.2 Å². The normalized spacial score (nSPS) is 25.0. The van der Waals surface area contributed by atoms with Gasteiger partial charge in [-0.05, 0) is 25.0 Å². The number of carbonyl (C=O) groups is 1. The number of nitro benzene ring substituents is 1. The summed E-state index contributed by atoms with van der Waals surface area (Å²) in [5.41, 5.74) is 4.08. The summed E-state index contributed by atoms with van der Waals surface area (Å²) in [4.78, 5) is 23.1. The molecule has 1 aromatic rings. The van der Waals surface area contributed by atoms with Gasteiger partial charge in [0.25, 0.3) is 5.69 Å². The third-order valence-electron chi connectivity index (χ3n) is 6.12. The van der Waals surface area contributed by atoms with Gasteiger partial charge in [-0.2, -0.15) is 0 Å². The molecule has 142 valence electrons. The maximum atomic E-state index is 12.6. The summed E-state index contributed by atoms with van der Waals surface area (Å²) in [5.74, 6) is -0.276. The molecule has 0 aliphatic carbocycles. The lowest BCUT2D eigenvalue weighted by molar-refractivity contribution is -0.384. The number of nitro groups is 1. The first-order valence-electron chi connectivity index (χ1n) is 9.18. The number of hydrogen-bond acceptors (Lipinski definition) is 6. The smallest absolute Gasteiger partial charge is 0.337 e. The second-order valence-corrected chi connectivity index (χ2v) is 7.79. The third-order valence-corrected chi connectivity index (χ3v) is 6.12. The molecular weight excluding hydrogens is 346 g/mol. The van der Waals surface area contributed by atoms with Crippen LogP contribution in [0.5, 0.6) is 0 Å². The molecule has 7 heteroatoms. The molecule has 1 aromatic carbocycles. The number of rotatable bonds is 4. The Morgan fingerprint density at radius 2 is 2.00 bits per heavy atom. The van der Waals surface area contributed by atoms with E-state index < -0.39 is 4.92 Å². The molecule has 3 aliphatic rings. The van der Waals surface area contributed by atoms with E-state index >= 15 is 0 Å². The van der Waals surface area contributed by atoms with E-state index in [1.54, 1.807) is 12.1 Å². The first-order chi connectivity index (χ1) is 12.8. The van der Waals surface area contributed by atoms with E-state index in [0.717, 1.165) is 12.0 Å². The fraction of sp³-hybridized carbons (Fsp3) is 0.450.